The van der Waals surface area contributed by atoms with Crippen molar-refractivity contribution in [3.63, 3.8) is 0 Å². The van der Waals surface area contributed by atoms with Gasteiger partial charge in [0.15, 0.2) is 0 Å². The van der Waals surface area contributed by atoms with Crippen molar-refractivity contribution in [1.82, 2.24) is 14.8 Å². The molecule has 2 aliphatic heterocycles. The highest BCUT2D eigenvalue weighted by Gasteiger charge is 2.23. The first-order chi connectivity index (χ1) is 8.33. The van der Waals surface area contributed by atoms with Crippen LogP contribution >= 0.6 is 11.8 Å². The molecule has 17 heavy (non-hydrogen) atoms. The molecular weight excluding hydrogens is 230 g/mol. The van der Waals surface area contributed by atoms with E-state index in [9.17, 15) is 0 Å². The number of rotatable bonds is 2. The monoisotopic (exact) mass is 251 g/mol. The zero-order valence-corrected chi connectivity index (χ0v) is 11.4. The van der Waals surface area contributed by atoms with E-state index in [1.807, 2.05) is 0 Å². The van der Waals surface area contributed by atoms with E-state index in [1.54, 1.807) is 0 Å². The molecule has 0 aromatic carbocycles. The van der Waals surface area contributed by atoms with Crippen LogP contribution in [0.5, 0.6) is 0 Å². The van der Waals surface area contributed by atoms with Gasteiger partial charge in [0.25, 0.3) is 0 Å². The van der Waals surface area contributed by atoms with Crippen LogP contribution in [0.1, 0.15) is 44.3 Å². The highest BCUT2D eigenvalue weighted by molar-refractivity contribution is 7.99. The number of thioether (sulfide) groups is 1. The van der Waals surface area contributed by atoms with Gasteiger partial charge in [-0.3, -0.25) is 0 Å². The van der Waals surface area contributed by atoms with Crippen molar-refractivity contribution in [2.45, 2.75) is 57.2 Å². The molecule has 0 aliphatic carbocycles. The Morgan fingerprint density at radius 1 is 1.29 bits per heavy atom. The van der Waals surface area contributed by atoms with Crippen LogP contribution in [0.4, 0.5) is 0 Å². The number of hydrogen-bond donors (Lipinski definition) is 0. The molecular formula is C13H21N3S. The standard InChI is InChI=1S/C13H21N3S/c1-10-5-6-12-14-15-13(16(12)9-10)8-11-4-2-3-7-17-11/h10-11H,2-9H2,1H3. The third-order valence-electron chi connectivity index (χ3n) is 3.94. The van der Waals surface area contributed by atoms with Gasteiger partial charge < -0.3 is 4.57 Å². The van der Waals surface area contributed by atoms with Gasteiger partial charge in [-0.25, -0.2) is 0 Å². The summed E-state index contributed by atoms with van der Waals surface area (Å²) in [6.45, 7) is 3.47. The molecule has 1 aromatic rings. The van der Waals surface area contributed by atoms with Gasteiger partial charge in [-0.1, -0.05) is 13.3 Å². The summed E-state index contributed by atoms with van der Waals surface area (Å²) in [7, 11) is 0. The van der Waals surface area contributed by atoms with Crippen molar-refractivity contribution in [2.75, 3.05) is 5.75 Å². The normalized spacial score (nSPS) is 29.0. The van der Waals surface area contributed by atoms with Gasteiger partial charge in [-0.2, -0.15) is 11.8 Å². The van der Waals surface area contributed by atoms with E-state index in [-0.39, 0.29) is 0 Å². The van der Waals surface area contributed by atoms with Gasteiger partial charge in [0, 0.05) is 24.6 Å². The fraction of sp³-hybridized carbons (Fsp3) is 0.846. The molecule has 94 valence electrons. The molecule has 3 nitrogen and oxygen atoms in total. The average Bonchev–Trinajstić information content (AvgIpc) is 2.73. The van der Waals surface area contributed by atoms with Gasteiger partial charge in [-0.15, -0.1) is 10.2 Å². The third kappa shape index (κ3) is 2.51. The lowest BCUT2D eigenvalue weighted by molar-refractivity contribution is 0.385. The Morgan fingerprint density at radius 3 is 3.06 bits per heavy atom. The van der Waals surface area contributed by atoms with Gasteiger partial charge in [0.1, 0.15) is 11.6 Å². The molecule has 1 aromatic heterocycles. The van der Waals surface area contributed by atoms with Crippen molar-refractivity contribution in [1.29, 1.82) is 0 Å². The largest absolute Gasteiger partial charge is 0.315 e. The number of fused-ring (bicyclic) bond motifs is 1. The number of hydrogen-bond acceptors (Lipinski definition) is 3. The Balaban J connectivity index is 1.72. The first-order valence-electron chi connectivity index (χ1n) is 6.85. The maximum absolute atomic E-state index is 4.43. The van der Waals surface area contributed by atoms with Gasteiger partial charge >= 0.3 is 0 Å². The molecule has 3 heterocycles. The molecule has 2 unspecified atom stereocenters. The Bertz CT molecular complexity index is 382. The molecule has 0 saturated carbocycles. The molecule has 0 radical (unpaired) electrons. The van der Waals surface area contributed by atoms with Crippen LogP contribution in [-0.2, 0) is 19.4 Å². The summed E-state index contributed by atoms with van der Waals surface area (Å²) in [5.41, 5.74) is 0. The second kappa shape index (κ2) is 5.01. The molecule has 1 saturated heterocycles. The summed E-state index contributed by atoms with van der Waals surface area (Å²) in [4.78, 5) is 0. The highest BCUT2D eigenvalue weighted by atomic mass is 32.2. The lowest BCUT2D eigenvalue weighted by Gasteiger charge is -2.24. The van der Waals surface area contributed by atoms with Crippen molar-refractivity contribution in [3.05, 3.63) is 11.6 Å². The first-order valence-corrected chi connectivity index (χ1v) is 7.90. The molecule has 0 amide bonds. The van der Waals surface area contributed by atoms with E-state index >= 15 is 0 Å². The second-order valence-electron chi connectivity index (χ2n) is 5.48. The molecule has 1 fully saturated rings. The maximum Gasteiger partial charge on any atom is 0.134 e. The minimum absolute atomic E-state index is 0.786. The summed E-state index contributed by atoms with van der Waals surface area (Å²) in [6.07, 6.45) is 7.68. The van der Waals surface area contributed by atoms with E-state index in [0.717, 1.165) is 30.6 Å². The van der Waals surface area contributed by atoms with Gasteiger partial charge in [0.05, 0.1) is 0 Å². The van der Waals surface area contributed by atoms with Gasteiger partial charge in [0.2, 0.25) is 0 Å². The highest BCUT2D eigenvalue weighted by Crippen LogP contribution is 2.28. The fourth-order valence-corrected chi connectivity index (χ4v) is 4.17. The van der Waals surface area contributed by atoms with E-state index in [1.165, 1.54) is 43.1 Å². The Hall–Kier alpha value is -0.510. The summed E-state index contributed by atoms with van der Waals surface area (Å²) < 4.78 is 2.39. The Labute approximate surface area is 107 Å². The minimum Gasteiger partial charge on any atom is -0.315 e. The van der Waals surface area contributed by atoms with Crippen molar-refractivity contribution in [3.8, 4) is 0 Å². The molecule has 2 atom stereocenters. The van der Waals surface area contributed by atoms with Crippen LogP contribution in [-0.4, -0.2) is 25.8 Å². The van der Waals surface area contributed by atoms with Crippen molar-refractivity contribution < 1.29 is 0 Å². The zero-order valence-electron chi connectivity index (χ0n) is 10.6. The van der Waals surface area contributed by atoms with Gasteiger partial charge in [-0.05, 0) is 30.9 Å². The molecule has 2 aliphatic rings. The Kier molecular flexibility index (Phi) is 3.41. The average molecular weight is 251 g/mol. The number of aromatic nitrogens is 3. The van der Waals surface area contributed by atoms with Crippen LogP contribution in [0.15, 0.2) is 0 Å². The molecule has 4 heteroatoms. The first kappa shape index (κ1) is 11.6. The lowest BCUT2D eigenvalue weighted by Crippen LogP contribution is -2.22. The molecule has 0 bridgehead atoms. The van der Waals surface area contributed by atoms with Crippen molar-refractivity contribution in [2.24, 2.45) is 5.92 Å². The summed E-state index contributed by atoms with van der Waals surface area (Å²) in [6, 6.07) is 0. The van der Waals surface area contributed by atoms with Crippen molar-refractivity contribution >= 4 is 11.8 Å². The second-order valence-corrected chi connectivity index (χ2v) is 6.89. The predicted octanol–water partition coefficient (Wildman–Crippen LogP) is 2.69. The summed E-state index contributed by atoms with van der Waals surface area (Å²) in [5, 5.41) is 9.57. The topological polar surface area (TPSA) is 30.7 Å². The molecule has 0 N–H and O–H groups in total. The van der Waals surface area contributed by atoms with E-state index in [2.05, 4.69) is 33.5 Å². The maximum atomic E-state index is 4.43. The van der Waals surface area contributed by atoms with Crippen LogP contribution in [0.3, 0.4) is 0 Å². The molecule has 0 spiro atoms. The fourth-order valence-electron chi connectivity index (χ4n) is 2.87. The Morgan fingerprint density at radius 2 is 2.24 bits per heavy atom. The third-order valence-corrected chi connectivity index (χ3v) is 5.34. The number of aryl methyl sites for hydroxylation is 1. The van der Waals surface area contributed by atoms with E-state index < -0.39 is 0 Å². The lowest BCUT2D eigenvalue weighted by atomic mass is 10.0. The van der Waals surface area contributed by atoms with Crippen LogP contribution < -0.4 is 0 Å². The van der Waals surface area contributed by atoms with E-state index in [0.29, 0.717) is 0 Å². The van der Waals surface area contributed by atoms with Crippen LogP contribution in [0, 0.1) is 5.92 Å². The molecule has 3 rings (SSSR count). The quantitative estimate of drug-likeness (QED) is 0.809. The predicted molar refractivity (Wildman–Crippen MR) is 71.3 cm³/mol. The summed E-state index contributed by atoms with van der Waals surface area (Å²) in [5.74, 6) is 4.59. The smallest absolute Gasteiger partial charge is 0.134 e. The summed E-state index contributed by atoms with van der Waals surface area (Å²) >= 11 is 2.13. The van der Waals surface area contributed by atoms with Crippen LogP contribution in [0.25, 0.3) is 0 Å². The van der Waals surface area contributed by atoms with E-state index in [4.69, 9.17) is 0 Å². The minimum atomic E-state index is 0.786. The number of nitrogens with zero attached hydrogens (tertiary/aromatic N) is 3. The van der Waals surface area contributed by atoms with Crippen LogP contribution in [0.2, 0.25) is 0 Å². The SMILES string of the molecule is CC1CCc2nnc(CC3CCCCS3)n2C1. The zero-order chi connectivity index (χ0) is 11.7.